The number of hydrogen-bond donors (Lipinski definition) is 1. The van der Waals surface area contributed by atoms with Crippen molar-refractivity contribution >= 4 is 5.91 Å². The maximum atomic E-state index is 11.8. The molecule has 0 aliphatic carbocycles. The van der Waals surface area contributed by atoms with Crippen molar-refractivity contribution in [3.05, 3.63) is 0 Å². The van der Waals surface area contributed by atoms with Crippen LogP contribution in [0.2, 0.25) is 0 Å². The Bertz CT molecular complexity index is 213. The molecule has 1 amide bonds. The van der Waals surface area contributed by atoms with E-state index in [1.54, 1.807) is 0 Å². The Balaban J connectivity index is 1.96. The molecular formula is C13H27N3O. The fourth-order valence-electron chi connectivity index (χ4n) is 2.14. The normalized spacial score (nSPS) is 16.5. The molecule has 0 aromatic heterocycles. The van der Waals surface area contributed by atoms with Gasteiger partial charge in [0.25, 0.3) is 0 Å². The molecule has 1 heterocycles. The van der Waals surface area contributed by atoms with Crippen molar-refractivity contribution in [3.8, 4) is 0 Å². The summed E-state index contributed by atoms with van der Waals surface area (Å²) in [6.45, 7) is 4.88. The van der Waals surface area contributed by atoms with Crippen molar-refractivity contribution in [2.75, 3.05) is 46.8 Å². The van der Waals surface area contributed by atoms with Crippen LogP contribution in [0.3, 0.4) is 0 Å². The van der Waals surface area contributed by atoms with Crippen LogP contribution in [0.4, 0.5) is 0 Å². The van der Waals surface area contributed by atoms with Gasteiger partial charge in [-0.3, -0.25) is 4.79 Å². The van der Waals surface area contributed by atoms with Gasteiger partial charge in [-0.25, -0.2) is 0 Å². The Morgan fingerprint density at radius 1 is 1.18 bits per heavy atom. The molecule has 0 saturated carbocycles. The van der Waals surface area contributed by atoms with Crippen LogP contribution < -0.4 is 5.32 Å². The predicted molar refractivity (Wildman–Crippen MR) is 71.1 cm³/mol. The van der Waals surface area contributed by atoms with E-state index in [1.165, 1.54) is 19.3 Å². The molecule has 1 aliphatic rings. The molecule has 100 valence electrons. The second-order valence-corrected chi connectivity index (χ2v) is 5.10. The highest BCUT2D eigenvalue weighted by molar-refractivity contribution is 5.76. The molecule has 0 unspecified atom stereocenters. The zero-order valence-corrected chi connectivity index (χ0v) is 11.4. The van der Waals surface area contributed by atoms with Crippen molar-refractivity contribution < 1.29 is 4.79 Å². The molecule has 4 nitrogen and oxygen atoms in total. The van der Waals surface area contributed by atoms with E-state index in [0.29, 0.717) is 12.3 Å². The number of piperidine rings is 1. The first-order valence-corrected chi connectivity index (χ1v) is 6.83. The van der Waals surface area contributed by atoms with Gasteiger partial charge in [0.1, 0.15) is 0 Å². The highest BCUT2D eigenvalue weighted by Gasteiger charge is 2.15. The summed E-state index contributed by atoms with van der Waals surface area (Å²) in [5, 5.41) is 3.34. The maximum absolute atomic E-state index is 11.8. The van der Waals surface area contributed by atoms with Gasteiger partial charge in [0.15, 0.2) is 0 Å². The van der Waals surface area contributed by atoms with E-state index >= 15 is 0 Å². The lowest BCUT2D eigenvalue weighted by atomic mass is 10.1. The van der Waals surface area contributed by atoms with E-state index in [1.807, 2.05) is 4.90 Å². The molecule has 0 bridgehead atoms. The average Bonchev–Trinajstić information content (AvgIpc) is 2.34. The Hall–Kier alpha value is -0.610. The number of hydrogen-bond acceptors (Lipinski definition) is 3. The molecule has 1 saturated heterocycles. The standard InChI is InChI=1S/C13H27N3O/c1-15(2)10-6-8-14-9-7-13(17)16-11-4-3-5-12-16/h14H,3-12H2,1-2H3. The Morgan fingerprint density at radius 3 is 2.53 bits per heavy atom. The Labute approximate surface area is 105 Å². The average molecular weight is 241 g/mol. The third-order valence-corrected chi connectivity index (χ3v) is 3.18. The molecule has 0 aromatic rings. The van der Waals surface area contributed by atoms with E-state index in [0.717, 1.165) is 39.1 Å². The smallest absolute Gasteiger partial charge is 0.223 e. The van der Waals surface area contributed by atoms with Crippen LogP contribution in [-0.2, 0) is 4.79 Å². The number of carbonyl (C=O) groups is 1. The lowest BCUT2D eigenvalue weighted by molar-refractivity contribution is -0.131. The minimum Gasteiger partial charge on any atom is -0.343 e. The third kappa shape index (κ3) is 6.64. The quantitative estimate of drug-likeness (QED) is 0.674. The fourth-order valence-corrected chi connectivity index (χ4v) is 2.14. The van der Waals surface area contributed by atoms with Crippen LogP contribution in [0.15, 0.2) is 0 Å². The minimum absolute atomic E-state index is 0.324. The van der Waals surface area contributed by atoms with Crippen LogP contribution in [0.25, 0.3) is 0 Å². The summed E-state index contributed by atoms with van der Waals surface area (Å²) in [7, 11) is 4.17. The van der Waals surface area contributed by atoms with E-state index in [-0.39, 0.29) is 0 Å². The molecule has 1 N–H and O–H groups in total. The van der Waals surface area contributed by atoms with Gasteiger partial charge in [0, 0.05) is 26.1 Å². The van der Waals surface area contributed by atoms with E-state index in [2.05, 4.69) is 24.3 Å². The van der Waals surface area contributed by atoms with Crippen LogP contribution >= 0.6 is 0 Å². The summed E-state index contributed by atoms with van der Waals surface area (Å²) in [6, 6.07) is 0. The largest absolute Gasteiger partial charge is 0.343 e. The van der Waals surface area contributed by atoms with Crippen LogP contribution in [0.1, 0.15) is 32.1 Å². The third-order valence-electron chi connectivity index (χ3n) is 3.18. The molecule has 0 atom stereocenters. The van der Waals surface area contributed by atoms with Gasteiger partial charge in [-0.05, 0) is 52.9 Å². The first kappa shape index (κ1) is 14.5. The molecule has 1 fully saturated rings. The number of carbonyl (C=O) groups excluding carboxylic acids is 1. The molecule has 1 aliphatic heterocycles. The SMILES string of the molecule is CN(C)CCCNCCC(=O)N1CCCCC1. The second kappa shape index (κ2) is 8.48. The summed E-state index contributed by atoms with van der Waals surface area (Å²) in [5.74, 6) is 0.324. The second-order valence-electron chi connectivity index (χ2n) is 5.10. The van der Waals surface area contributed by atoms with Gasteiger partial charge < -0.3 is 15.1 Å². The first-order chi connectivity index (χ1) is 8.20. The highest BCUT2D eigenvalue weighted by Crippen LogP contribution is 2.09. The van der Waals surface area contributed by atoms with Crippen molar-refractivity contribution in [3.63, 3.8) is 0 Å². The monoisotopic (exact) mass is 241 g/mol. The van der Waals surface area contributed by atoms with E-state index in [4.69, 9.17) is 0 Å². The zero-order chi connectivity index (χ0) is 12.5. The summed E-state index contributed by atoms with van der Waals surface area (Å²) >= 11 is 0. The molecule has 1 rings (SSSR count). The van der Waals surface area contributed by atoms with Crippen molar-refractivity contribution in [2.24, 2.45) is 0 Å². The summed E-state index contributed by atoms with van der Waals surface area (Å²) < 4.78 is 0. The number of rotatable bonds is 7. The van der Waals surface area contributed by atoms with Crippen molar-refractivity contribution in [1.82, 2.24) is 15.1 Å². The zero-order valence-electron chi connectivity index (χ0n) is 11.4. The van der Waals surface area contributed by atoms with Gasteiger partial charge in [-0.2, -0.15) is 0 Å². The van der Waals surface area contributed by atoms with Gasteiger partial charge in [-0.15, -0.1) is 0 Å². The maximum Gasteiger partial charge on any atom is 0.223 e. The minimum atomic E-state index is 0.324. The fraction of sp³-hybridized carbons (Fsp3) is 0.923. The van der Waals surface area contributed by atoms with E-state index in [9.17, 15) is 4.79 Å². The van der Waals surface area contributed by atoms with Gasteiger partial charge >= 0.3 is 0 Å². The molecule has 17 heavy (non-hydrogen) atoms. The number of nitrogens with zero attached hydrogens (tertiary/aromatic N) is 2. The van der Waals surface area contributed by atoms with Crippen molar-refractivity contribution in [1.29, 1.82) is 0 Å². The Kier molecular flexibility index (Phi) is 7.21. The summed E-state index contributed by atoms with van der Waals surface area (Å²) in [4.78, 5) is 16.0. The molecule has 0 spiro atoms. The predicted octanol–water partition coefficient (Wildman–Crippen LogP) is 0.930. The first-order valence-electron chi connectivity index (χ1n) is 6.83. The van der Waals surface area contributed by atoms with Crippen LogP contribution in [-0.4, -0.2) is 62.5 Å². The summed E-state index contributed by atoms with van der Waals surface area (Å²) in [6.07, 6.45) is 5.45. The molecule has 0 radical (unpaired) electrons. The van der Waals surface area contributed by atoms with Gasteiger partial charge in [0.05, 0.1) is 0 Å². The number of nitrogens with one attached hydrogen (secondary N) is 1. The van der Waals surface area contributed by atoms with Gasteiger partial charge in [0.2, 0.25) is 5.91 Å². The topological polar surface area (TPSA) is 35.6 Å². The number of amides is 1. The summed E-state index contributed by atoms with van der Waals surface area (Å²) in [5.41, 5.74) is 0. The van der Waals surface area contributed by atoms with Crippen LogP contribution in [0, 0.1) is 0 Å². The van der Waals surface area contributed by atoms with Gasteiger partial charge in [-0.1, -0.05) is 0 Å². The number of likely N-dealkylation sites (tertiary alicyclic amines) is 1. The highest BCUT2D eigenvalue weighted by atomic mass is 16.2. The molecular weight excluding hydrogens is 214 g/mol. The molecule has 4 heteroatoms. The molecule has 0 aromatic carbocycles. The van der Waals surface area contributed by atoms with Crippen LogP contribution in [0.5, 0.6) is 0 Å². The Morgan fingerprint density at radius 2 is 1.88 bits per heavy atom. The lowest BCUT2D eigenvalue weighted by Gasteiger charge is -2.26. The van der Waals surface area contributed by atoms with E-state index < -0.39 is 0 Å². The van der Waals surface area contributed by atoms with Crippen molar-refractivity contribution in [2.45, 2.75) is 32.1 Å². The lowest BCUT2D eigenvalue weighted by Crippen LogP contribution is -2.37.